The molecule has 3 rings (SSSR count). The van der Waals surface area contributed by atoms with Crippen molar-refractivity contribution in [3.63, 3.8) is 0 Å². The topological polar surface area (TPSA) is 86.8 Å². The van der Waals surface area contributed by atoms with E-state index in [2.05, 4.69) is 19.2 Å². The van der Waals surface area contributed by atoms with E-state index >= 15 is 0 Å². The summed E-state index contributed by atoms with van der Waals surface area (Å²) in [5, 5.41) is 2.75. The fourth-order valence-corrected chi connectivity index (χ4v) is 5.79. The van der Waals surface area contributed by atoms with Gasteiger partial charge in [-0.2, -0.15) is 4.31 Å². The third-order valence-corrected chi connectivity index (χ3v) is 8.32. The monoisotopic (exact) mass is 449 g/mol. The zero-order valence-electron chi connectivity index (χ0n) is 18.7. The zero-order chi connectivity index (χ0) is 22.4. The molecule has 0 radical (unpaired) electrons. The van der Waals surface area contributed by atoms with Crippen LogP contribution < -0.4 is 5.32 Å². The van der Waals surface area contributed by atoms with Crippen LogP contribution >= 0.6 is 0 Å². The number of amides is 2. The minimum Gasteiger partial charge on any atom is -0.347 e. The molecule has 0 atom stereocenters. The first kappa shape index (κ1) is 23.7. The summed E-state index contributed by atoms with van der Waals surface area (Å²) in [6, 6.07) is 7.02. The summed E-state index contributed by atoms with van der Waals surface area (Å²) < 4.78 is 27.3. The molecule has 1 N–H and O–H groups in total. The standard InChI is InChI=1S/C23H35N3O4S/c1-18(2)20-8-10-21(11-9-20)31(29,30)26-14-12-25(13-15-26)23(28)17-24-22(27)16-19-6-4-3-5-7-19/h8-11,18-19H,3-7,12-17H2,1-2H3,(H,24,27). The van der Waals surface area contributed by atoms with Crippen LogP contribution in [0.2, 0.25) is 0 Å². The number of sulfonamides is 1. The molecule has 2 aliphatic rings. The van der Waals surface area contributed by atoms with E-state index in [4.69, 9.17) is 0 Å². The van der Waals surface area contributed by atoms with Crippen LogP contribution in [0.3, 0.4) is 0 Å². The molecule has 2 fully saturated rings. The Morgan fingerprint density at radius 2 is 1.61 bits per heavy atom. The summed E-state index contributed by atoms with van der Waals surface area (Å²) in [5.41, 5.74) is 1.10. The van der Waals surface area contributed by atoms with Crippen molar-refractivity contribution in [2.24, 2.45) is 5.92 Å². The Bertz CT molecular complexity index is 853. The van der Waals surface area contributed by atoms with Crippen LogP contribution in [0, 0.1) is 5.92 Å². The Morgan fingerprint density at radius 1 is 1.00 bits per heavy atom. The fraction of sp³-hybridized carbons (Fsp3) is 0.652. The van der Waals surface area contributed by atoms with E-state index in [0.717, 1.165) is 18.4 Å². The first-order chi connectivity index (χ1) is 14.8. The SMILES string of the molecule is CC(C)c1ccc(S(=O)(=O)N2CCN(C(=O)CNC(=O)CC3CCCCC3)CC2)cc1. The number of nitrogens with zero attached hydrogens (tertiary/aromatic N) is 2. The Morgan fingerprint density at radius 3 is 2.19 bits per heavy atom. The van der Waals surface area contributed by atoms with Gasteiger partial charge in [-0.15, -0.1) is 0 Å². The largest absolute Gasteiger partial charge is 0.347 e. The molecule has 0 spiro atoms. The highest BCUT2D eigenvalue weighted by Crippen LogP contribution is 2.26. The lowest BCUT2D eigenvalue weighted by atomic mass is 9.87. The zero-order valence-corrected chi connectivity index (χ0v) is 19.5. The van der Waals surface area contributed by atoms with E-state index < -0.39 is 10.0 Å². The number of benzene rings is 1. The quantitative estimate of drug-likeness (QED) is 0.693. The van der Waals surface area contributed by atoms with Crippen molar-refractivity contribution in [3.8, 4) is 0 Å². The maximum absolute atomic E-state index is 12.9. The molecule has 1 saturated carbocycles. The third-order valence-electron chi connectivity index (χ3n) is 6.41. The smallest absolute Gasteiger partial charge is 0.243 e. The van der Waals surface area contributed by atoms with Gasteiger partial charge in [-0.3, -0.25) is 9.59 Å². The van der Waals surface area contributed by atoms with Gasteiger partial charge in [0.15, 0.2) is 0 Å². The van der Waals surface area contributed by atoms with Crippen molar-refractivity contribution in [1.82, 2.24) is 14.5 Å². The molecule has 1 aromatic rings. The average Bonchev–Trinajstić information content (AvgIpc) is 2.78. The van der Waals surface area contributed by atoms with Crippen LogP contribution in [0.5, 0.6) is 0 Å². The van der Waals surface area contributed by atoms with Crippen LogP contribution in [0.4, 0.5) is 0 Å². The van der Waals surface area contributed by atoms with Crippen molar-refractivity contribution in [2.45, 2.75) is 63.2 Å². The van der Waals surface area contributed by atoms with E-state index in [1.54, 1.807) is 17.0 Å². The molecule has 1 heterocycles. The second-order valence-electron chi connectivity index (χ2n) is 8.99. The Hall–Kier alpha value is -1.93. The van der Waals surface area contributed by atoms with Crippen LogP contribution in [0.15, 0.2) is 29.2 Å². The number of rotatable bonds is 7. The van der Waals surface area contributed by atoms with E-state index in [1.165, 1.54) is 23.6 Å². The third kappa shape index (κ3) is 6.29. The highest BCUT2D eigenvalue weighted by molar-refractivity contribution is 7.89. The van der Waals surface area contributed by atoms with Gasteiger partial charge in [0.1, 0.15) is 0 Å². The van der Waals surface area contributed by atoms with Crippen molar-refractivity contribution in [2.75, 3.05) is 32.7 Å². The molecule has 0 unspecified atom stereocenters. The lowest BCUT2D eigenvalue weighted by Gasteiger charge is -2.34. The van der Waals surface area contributed by atoms with E-state index in [0.29, 0.717) is 31.3 Å². The molecule has 0 aromatic heterocycles. The predicted octanol–water partition coefficient (Wildman–Crippen LogP) is 2.73. The lowest BCUT2D eigenvalue weighted by Crippen LogP contribution is -2.52. The molecule has 172 valence electrons. The minimum absolute atomic E-state index is 0.0189. The number of carbonyl (C=O) groups is 2. The number of carbonyl (C=O) groups excluding carboxylic acids is 2. The molecule has 1 aliphatic carbocycles. The molecule has 0 bridgehead atoms. The Labute approximate surface area is 186 Å². The molecular weight excluding hydrogens is 414 g/mol. The average molecular weight is 450 g/mol. The van der Waals surface area contributed by atoms with E-state index in [-0.39, 0.29) is 36.3 Å². The van der Waals surface area contributed by atoms with Crippen molar-refractivity contribution in [3.05, 3.63) is 29.8 Å². The molecule has 1 aromatic carbocycles. The molecule has 31 heavy (non-hydrogen) atoms. The van der Waals surface area contributed by atoms with Gasteiger partial charge in [0.25, 0.3) is 0 Å². The van der Waals surface area contributed by atoms with Gasteiger partial charge in [-0.05, 0) is 42.4 Å². The lowest BCUT2D eigenvalue weighted by molar-refractivity contribution is -0.134. The molecule has 2 amide bonds. The van der Waals surface area contributed by atoms with Gasteiger partial charge in [0.2, 0.25) is 21.8 Å². The maximum Gasteiger partial charge on any atom is 0.243 e. The first-order valence-corrected chi connectivity index (χ1v) is 12.9. The molecule has 1 aliphatic heterocycles. The van der Waals surface area contributed by atoms with Gasteiger partial charge >= 0.3 is 0 Å². The summed E-state index contributed by atoms with van der Waals surface area (Å²) >= 11 is 0. The summed E-state index contributed by atoms with van der Waals surface area (Å²) in [7, 11) is -3.57. The Kier molecular flexibility index (Phi) is 8.11. The van der Waals surface area contributed by atoms with E-state index in [1.807, 2.05) is 12.1 Å². The summed E-state index contributed by atoms with van der Waals surface area (Å²) in [6.07, 6.45) is 6.31. The van der Waals surface area contributed by atoms with Crippen LogP contribution in [0.1, 0.15) is 63.9 Å². The summed E-state index contributed by atoms with van der Waals surface area (Å²) in [6.45, 7) is 5.30. The summed E-state index contributed by atoms with van der Waals surface area (Å²) in [5.74, 6) is 0.559. The highest BCUT2D eigenvalue weighted by atomic mass is 32.2. The van der Waals surface area contributed by atoms with Gasteiger partial charge in [0, 0.05) is 32.6 Å². The Balaban J connectivity index is 1.45. The van der Waals surface area contributed by atoms with Crippen LogP contribution in [-0.2, 0) is 19.6 Å². The summed E-state index contributed by atoms with van der Waals surface area (Å²) in [4.78, 5) is 26.5. The van der Waals surface area contributed by atoms with E-state index in [9.17, 15) is 18.0 Å². The number of nitrogens with one attached hydrogen (secondary N) is 1. The highest BCUT2D eigenvalue weighted by Gasteiger charge is 2.30. The fourth-order valence-electron chi connectivity index (χ4n) is 4.36. The number of hydrogen-bond acceptors (Lipinski definition) is 4. The maximum atomic E-state index is 12.9. The second-order valence-corrected chi connectivity index (χ2v) is 10.9. The van der Waals surface area contributed by atoms with Crippen molar-refractivity contribution in [1.29, 1.82) is 0 Å². The predicted molar refractivity (Wildman–Crippen MR) is 120 cm³/mol. The number of hydrogen-bond donors (Lipinski definition) is 1. The molecule has 7 nitrogen and oxygen atoms in total. The second kappa shape index (κ2) is 10.6. The van der Waals surface area contributed by atoms with Crippen LogP contribution in [0.25, 0.3) is 0 Å². The molecule has 8 heteroatoms. The molecule has 1 saturated heterocycles. The van der Waals surface area contributed by atoms with Gasteiger partial charge in [-0.1, -0.05) is 45.2 Å². The number of piperazine rings is 1. The van der Waals surface area contributed by atoms with Crippen molar-refractivity contribution >= 4 is 21.8 Å². The van der Waals surface area contributed by atoms with Gasteiger partial charge in [0.05, 0.1) is 11.4 Å². The first-order valence-electron chi connectivity index (χ1n) is 11.4. The normalized spacial score (nSPS) is 18.9. The molecular formula is C23H35N3O4S. The van der Waals surface area contributed by atoms with Gasteiger partial charge < -0.3 is 10.2 Å². The van der Waals surface area contributed by atoms with Crippen molar-refractivity contribution < 1.29 is 18.0 Å². The van der Waals surface area contributed by atoms with Crippen LogP contribution in [-0.4, -0.2) is 62.2 Å². The minimum atomic E-state index is -3.57. The van der Waals surface area contributed by atoms with Gasteiger partial charge in [-0.25, -0.2) is 8.42 Å².